The van der Waals surface area contributed by atoms with Crippen LogP contribution >= 0.6 is 0 Å². The van der Waals surface area contributed by atoms with E-state index < -0.39 is 0 Å². The molecule has 0 saturated carbocycles. The molecule has 0 radical (unpaired) electrons. The third-order valence-corrected chi connectivity index (χ3v) is 2.40. The minimum atomic E-state index is 0.672. The van der Waals surface area contributed by atoms with Gasteiger partial charge in [0.2, 0.25) is 0 Å². The number of nitrogens with one attached hydrogen (secondary N) is 1. The van der Waals surface area contributed by atoms with E-state index in [9.17, 15) is 0 Å². The Kier molecular flexibility index (Phi) is 7.83. The third-order valence-electron chi connectivity index (χ3n) is 2.40. The second kappa shape index (κ2) is 8.13. The zero-order valence-electron chi connectivity index (χ0n) is 9.27. The molecule has 1 nitrogen and oxygen atoms in total. The van der Waals surface area contributed by atoms with E-state index in [1.165, 1.54) is 12.8 Å². The summed E-state index contributed by atoms with van der Waals surface area (Å²) < 4.78 is 0. The third kappa shape index (κ3) is 6.66. The van der Waals surface area contributed by atoms with Crippen LogP contribution in [-0.2, 0) is 0 Å². The molecule has 0 rings (SSSR count). The SMILES string of the molecule is C#CCCCCNC(CC)C(C)C. The Morgan fingerprint density at radius 1 is 1.31 bits per heavy atom. The van der Waals surface area contributed by atoms with E-state index in [-0.39, 0.29) is 0 Å². The molecule has 76 valence electrons. The molecule has 0 aromatic heterocycles. The topological polar surface area (TPSA) is 12.0 Å². The summed E-state index contributed by atoms with van der Waals surface area (Å²) in [5.41, 5.74) is 0. The van der Waals surface area contributed by atoms with Crippen molar-refractivity contribution < 1.29 is 0 Å². The van der Waals surface area contributed by atoms with Gasteiger partial charge in [-0.25, -0.2) is 0 Å². The predicted molar refractivity (Wildman–Crippen MR) is 59.6 cm³/mol. The molecule has 1 unspecified atom stereocenters. The van der Waals surface area contributed by atoms with Crippen molar-refractivity contribution in [1.29, 1.82) is 0 Å². The molecule has 1 heteroatoms. The van der Waals surface area contributed by atoms with Gasteiger partial charge in [-0.2, -0.15) is 0 Å². The molecule has 13 heavy (non-hydrogen) atoms. The summed E-state index contributed by atoms with van der Waals surface area (Å²) in [4.78, 5) is 0. The molecule has 0 aromatic rings. The minimum absolute atomic E-state index is 0.672. The first-order valence-corrected chi connectivity index (χ1v) is 5.39. The number of rotatable bonds is 7. The van der Waals surface area contributed by atoms with Crippen LogP contribution in [0.15, 0.2) is 0 Å². The summed E-state index contributed by atoms with van der Waals surface area (Å²) in [5, 5.41) is 3.56. The van der Waals surface area contributed by atoms with Gasteiger partial charge < -0.3 is 5.32 Å². The van der Waals surface area contributed by atoms with Gasteiger partial charge in [0, 0.05) is 12.5 Å². The van der Waals surface area contributed by atoms with Crippen LogP contribution in [0, 0.1) is 18.3 Å². The molecule has 0 bridgehead atoms. The van der Waals surface area contributed by atoms with Gasteiger partial charge in [-0.05, 0) is 31.7 Å². The fourth-order valence-electron chi connectivity index (χ4n) is 1.49. The van der Waals surface area contributed by atoms with Crippen molar-refractivity contribution in [1.82, 2.24) is 5.32 Å². The lowest BCUT2D eigenvalue weighted by atomic mass is 10.0. The second-order valence-electron chi connectivity index (χ2n) is 3.87. The largest absolute Gasteiger partial charge is 0.314 e. The molecule has 0 amide bonds. The molecule has 0 aromatic carbocycles. The zero-order valence-corrected chi connectivity index (χ0v) is 9.27. The van der Waals surface area contributed by atoms with E-state index in [1.54, 1.807) is 0 Å². The highest BCUT2D eigenvalue weighted by atomic mass is 14.9. The Hall–Kier alpha value is -0.480. The van der Waals surface area contributed by atoms with E-state index in [4.69, 9.17) is 6.42 Å². The van der Waals surface area contributed by atoms with Gasteiger partial charge in [0.1, 0.15) is 0 Å². The molecule has 0 spiro atoms. The summed E-state index contributed by atoms with van der Waals surface area (Å²) in [6.07, 6.45) is 9.66. The van der Waals surface area contributed by atoms with E-state index >= 15 is 0 Å². The normalized spacial score (nSPS) is 12.8. The van der Waals surface area contributed by atoms with Crippen molar-refractivity contribution in [3.05, 3.63) is 0 Å². The molecule has 0 heterocycles. The van der Waals surface area contributed by atoms with Crippen LogP contribution in [0.25, 0.3) is 0 Å². The van der Waals surface area contributed by atoms with E-state index in [1.807, 2.05) is 0 Å². The molecular weight excluding hydrogens is 158 g/mol. The monoisotopic (exact) mass is 181 g/mol. The molecule has 1 N–H and O–H groups in total. The number of terminal acetylenes is 1. The van der Waals surface area contributed by atoms with Crippen LogP contribution in [0.2, 0.25) is 0 Å². The number of unbranched alkanes of at least 4 members (excludes halogenated alkanes) is 2. The quantitative estimate of drug-likeness (QED) is 0.470. The zero-order chi connectivity index (χ0) is 10.1. The Bertz CT molecular complexity index is 144. The van der Waals surface area contributed by atoms with Crippen molar-refractivity contribution in [3.63, 3.8) is 0 Å². The van der Waals surface area contributed by atoms with Crippen LogP contribution in [-0.4, -0.2) is 12.6 Å². The lowest BCUT2D eigenvalue weighted by molar-refractivity contribution is 0.385. The summed E-state index contributed by atoms with van der Waals surface area (Å²) in [5.74, 6) is 3.40. The maximum atomic E-state index is 5.17. The van der Waals surface area contributed by atoms with Gasteiger partial charge in [-0.3, -0.25) is 0 Å². The highest BCUT2D eigenvalue weighted by Gasteiger charge is 2.08. The van der Waals surface area contributed by atoms with Crippen LogP contribution in [0.4, 0.5) is 0 Å². The first-order chi connectivity index (χ1) is 6.22. The number of hydrogen-bond acceptors (Lipinski definition) is 1. The Morgan fingerprint density at radius 3 is 2.46 bits per heavy atom. The molecule has 0 aliphatic rings. The molecule has 0 aliphatic carbocycles. The molecule has 0 saturated heterocycles. The fourth-order valence-corrected chi connectivity index (χ4v) is 1.49. The molecular formula is C12H23N. The van der Waals surface area contributed by atoms with Gasteiger partial charge in [-0.1, -0.05) is 20.8 Å². The van der Waals surface area contributed by atoms with Crippen molar-refractivity contribution in [2.45, 2.75) is 52.5 Å². The van der Waals surface area contributed by atoms with Gasteiger partial charge in [0.25, 0.3) is 0 Å². The first kappa shape index (κ1) is 12.5. The van der Waals surface area contributed by atoms with E-state index in [0.717, 1.165) is 25.3 Å². The highest BCUT2D eigenvalue weighted by molar-refractivity contribution is 4.83. The Morgan fingerprint density at radius 2 is 2.00 bits per heavy atom. The van der Waals surface area contributed by atoms with Crippen LogP contribution in [0.1, 0.15) is 46.5 Å². The van der Waals surface area contributed by atoms with Crippen LogP contribution in [0.5, 0.6) is 0 Å². The summed E-state index contributed by atoms with van der Waals surface area (Å²) in [6, 6.07) is 0.672. The molecule has 0 fully saturated rings. The van der Waals surface area contributed by atoms with Crippen molar-refractivity contribution >= 4 is 0 Å². The van der Waals surface area contributed by atoms with Crippen molar-refractivity contribution in [3.8, 4) is 12.3 Å². The van der Waals surface area contributed by atoms with Crippen molar-refractivity contribution in [2.24, 2.45) is 5.92 Å². The highest BCUT2D eigenvalue weighted by Crippen LogP contribution is 2.05. The summed E-state index contributed by atoms with van der Waals surface area (Å²) in [7, 11) is 0. The Labute approximate surface area is 83.3 Å². The smallest absolute Gasteiger partial charge is 0.00874 e. The van der Waals surface area contributed by atoms with Crippen LogP contribution in [0.3, 0.4) is 0 Å². The summed E-state index contributed by atoms with van der Waals surface area (Å²) >= 11 is 0. The van der Waals surface area contributed by atoms with E-state index in [0.29, 0.717) is 6.04 Å². The average Bonchev–Trinajstić information content (AvgIpc) is 2.10. The maximum Gasteiger partial charge on any atom is 0.00874 e. The molecule has 1 atom stereocenters. The maximum absolute atomic E-state index is 5.17. The lowest BCUT2D eigenvalue weighted by Crippen LogP contribution is -2.33. The minimum Gasteiger partial charge on any atom is -0.314 e. The van der Waals surface area contributed by atoms with Gasteiger partial charge in [-0.15, -0.1) is 12.3 Å². The Balaban J connectivity index is 3.34. The second-order valence-corrected chi connectivity index (χ2v) is 3.87. The summed E-state index contributed by atoms with van der Waals surface area (Å²) in [6.45, 7) is 7.88. The average molecular weight is 181 g/mol. The van der Waals surface area contributed by atoms with Gasteiger partial charge in [0.05, 0.1) is 0 Å². The number of hydrogen-bond donors (Lipinski definition) is 1. The van der Waals surface area contributed by atoms with Crippen molar-refractivity contribution in [2.75, 3.05) is 6.54 Å². The van der Waals surface area contributed by atoms with Crippen LogP contribution < -0.4 is 5.32 Å². The standard InChI is InChI=1S/C12H23N/c1-5-7-8-9-10-13-12(6-2)11(3)4/h1,11-13H,6-10H2,2-4H3. The lowest BCUT2D eigenvalue weighted by Gasteiger charge is -2.20. The fraction of sp³-hybridized carbons (Fsp3) is 0.833. The first-order valence-electron chi connectivity index (χ1n) is 5.39. The van der Waals surface area contributed by atoms with E-state index in [2.05, 4.69) is 32.0 Å². The molecule has 0 aliphatic heterocycles. The van der Waals surface area contributed by atoms with Gasteiger partial charge in [0.15, 0.2) is 0 Å². The van der Waals surface area contributed by atoms with Gasteiger partial charge >= 0.3 is 0 Å². The predicted octanol–water partition coefficient (Wildman–Crippen LogP) is 2.81.